The van der Waals surface area contributed by atoms with E-state index >= 15 is 0 Å². The van der Waals surface area contributed by atoms with Crippen LogP contribution in [0.4, 0.5) is 13.2 Å². The highest BCUT2D eigenvalue weighted by atomic mass is 79.9. The number of hydrogen-bond acceptors (Lipinski definition) is 3. The molecule has 0 radical (unpaired) electrons. The lowest BCUT2D eigenvalue weighted by atomic mass is 10.2. The van der Waals surface area contributed by atoms with Crippen LogP contribution in [0.2, 0.25) is 0 Å². The Hall–Kier alpha value is -1.70. The van der Waals surface area contributed by atoms with Crippen LogP contribution in [0.3, 0.4) is 0 Å². The van der Waals surface area contributed by atoms with E-state index in [0.717, 1.165) is 10.7 Å². The predicted molar refractivity (Wildman–Crippen MR) is 65.5 cm³/mol. The van der Waals surface area contributed by atoms with Gasteiger partial charge in [-0.1, -0.05) is 28.1 Å². The monoisotopic (exact) mass is 333 g/mol. The van der Waals surface area contributed by atoms with Gasteiger partial charge < -0.3 is 0 Å². The summed E-state index contributed by atoms with van der Waals surface area (Å²) >= 11 is 3.24. The summed E-state index contributed by atoms with van der Waals surface area (Å²) < 4.78 is 38.0. The first-order valence-electron chi connectivity index (χ1n) is 5.12. The first kappa shape index (κ1) is 13.7. The Kier molecular flexibility index (Phi) is 3.70. The van der Waals surface area contributed by atoms with Crippen LogP contribution >= 0.6 is 15.9 Å². The molecule has 19 heavy (non-hydrogen) atoms. The second-order valence-electron chi connectivity index (χ2n) is 3.70. The molecule has 0 N–H and O–H groups in total. The van der Waals surface area contributed by atoms with Gasteiger partial charge in [0.2, 0.25) is 0 Å². The SMILES string of the molecule is O=c1cnc(-c2cccc(Br)c2)nn1CC(F)(F)F. The average Bonchev–Trinajstić information content (AvgIpc) is 2.30. The topological polar surface area (TPSA) is 47.8 Å². The molecule has 0 aliphatic carbocycles. The second kappa shape index (κ2) is 5.12. The van der Waals surface area contributed by atoms with Crippen molar-refractivity contribution in [2.75, 3.05) is 0 Å². The van der Waals surface area contributed by atoms with E-state index < -0.39 is 18.3 Å². The molecule has 1 heterocycles. The van der Waals surface area contributed by atoms with Crippen LogP contribution in [0.25, 0.3) is 11.4 Å². The number of aromatic nitrogens is 3. The fraction of sp³-hybridized carbons (Fsp3) is 0.182. The number of benzene rings is 1. The van der Waals surface area contributed by atoms with Crippen LogP contribution in [-0.2, 0) is 6.54 Å². The van der Waals surface area contributed by atoms with Crippen molar-refractivity contribution in [3.05, 3.63) is 45.3 Å². The Labute approximate surface area is 114 Å². The minimum atomic E-state index is -4.51. The number of nitrogens with zero attached hydrogens (tertiary/aromatic N) is 3. The molecule has 0 atom stereocenters. The largest absolute Gasteiger partial charge is 0.408 e. The fourth-order valence-corrected chi connectivity index (χ4v) is 1.81. The molecule has 1 aromatic carbocycles. The summed E-state index contributed by atoms with van der Waals surface area (Å²) in [5.74, 6) is 0.0603. The highest BCUT2D eigenvalue weighted by Gasteiger charge is 2.29. The number of hydrogen-bond donors (Lipinski definition) is 0. The first-order chi connectivity index (χ1) is 8.85. The lowest BCUT2D eigenvalue weighted by Crippen LogP contribution is -2.30. The van der Waals surface area contributed by atoms with Gasteiger partial charge in [-0.15, -0.1) is 5.10 Å². The quantitative estimate of drug-likeness (QED) is 0.848. The van der Waals surface area contributed by atoms with E-state index in [2.05, 4.69) is 26.0 Å². The lowest BCUT2D eigenvalue weighted by Gasteiger charge is -2.09. The number of alkyl halides is 3. The number of halogens is 4. The molecule has 2 aromatic rings. The molecule has 0 saturated carbocycles. The fourth-order valence-electron chi connectivity index (χ4n) is 1.42. The van der Waals surface area contributed by atoms with Gasteiger partial charge in [0.1, 0.15) is 6.54 Å². The Balaban J connectivity index is 2.44. The van der Waals surface area contributed by atoms with Gasteiger partial charge in [0.15, 0.2) is 5.82 Å². The van der Waals surface area contributed by atoms with Crippen LogP contribution in [0.15, 0.2) is 39.7 Å². The van der Waals surface area contributed by atoms with Gasteiger partial charge in [0.05, 0.1) is 6.20 Å². The summed E-state index contributed by atoms with van der Waals surface area (Å²) in [6.45, 7) is -1.44. The van der Waals surface area contributed by atoms with E-state index in [1.807, 2.05) is 0 Å². The zero-order valence-corrected chi connectivity index (χ0v) is 10.9. The summed E-state index contributed by atoms with van der Waals surface area (Å²) in [5.41, 5.74) is -0.374. The van der Waals surface area contributed by atoms with Gasteiger partial charge in [0, 0.05) is 10.0 Å². The molecular formula is C11H7BrF3N3O. The summed E-state index contributed by atoms with van der Waals surface area (Å²) in [4.78, 5) is 15.0. The molecule has 2 rings (SSSR count). The molecule has 4 nitrogen and oxygen atoms in total. The van der Waals surface area contributed by atoms with Gasteiger partial charge >= 0.3 is 6.18 Å². The zero-order chi connectivity index (χ0) is 14.0. The summed E-state index contributed by atoms with van der Waals surface area (Å²) in [7, 11) is 0. The molecule has 0 aliphatic rings. The van der Waals surface area contributed by atoms with Crippen molar-refractivity contribution in [1.29, 1.82) is 0 Å². The van der Waals surface area contributed by atoms with Crippen LogP contribution in [0.5, 0.6) is 0 Å². The Morgan fingerprint density at radius 2 is 2.05 bits per heavy atom. The Bertz CT molecular complexity index is 654. The molecule has 0 amide bonds. The Morgan fingerprint density at radius 1 is 1.32 bits per heavy atom. The lowest BCUT2D eigenvalue weighted by molar-refractivity contribution is -0.143. The maximum Gasteiger partial charge on any atom is 0.408 e. The summed E-state index contributed by atoms with van der Waals surface area (Å²) in [5, 5.41) is 3.62. The minimum absolute atomic E-state index is 0.0603. The van der Waals surface area contributed by atoms with Gasteiger partial charge in [0.25, 0.3) is 5.56 Å². The standard InChI is InChI=1S/C11H7BrF3N3O/c12-8-3-1-2-7(4-8)10-16-5-9(19)18(17-10)6-11(13,14)15/h1-5H,6H2. The third kappa shape index (κ3) is 3.63. The summed E-state index contributed by atoms with van der Waals surface area (Å²) in [6, 6.07) is 6.75. The Morgan fingerprint density at radius 3 is 2.68 bits per heavy atom. The molecule has 0 aliphatic heterocycles. The summed E-state index contributed by atoms with van der Waals surface area (Å²) in [6.07, 6.45) is -3.68. The van der Waals surface area contributed by atoms with Gasteiger partial charge in [-0.2, -0.15) is 13.2 Å². The third-order valence-electron chi connectivity index (χ3n) is 2.18. The molecule has 100 valence electrons. The first-order valence-corrected chi connectivity index (χ1v) is 5.91. The van der Waals surface area contributed by atoms with Crippen molar-refractivity contribution in [2.24, 2.45) is 0 Å². The van der Waals surface area contributed by atoms with E-state index in [1.54, 1.807) is 24.3 Å². The highest BCUT2D eigenvalue weighted by Crippen LogP contribution is 2.20. The minimum Gasteiger partial charge on any atom is -0.266 e. The van der Waals surface area contributed by atoms with Crippen molar-refractivity contribution < 1.29 is 13.2 Å². The van der Waals surface area contributed by atoms with Crippen LogP contribution in [0, 0.1) is 0 Å². The van der Waals surface area contributed by atoms with Crippen molar-refractivity contribution in [3.8, 4) is 11.4 Å². The van der Waals surface area contributed by atoms with E-state index in [9.17, 15) is 18.0 Å². The second-order valence-corrected chi connectivity index (χ2v) is 4.62. The third-order valence-corrected chi connectivity index (χ3v) is 2.67. The maximum atomic E-state index is 12.3. The van der Waals surface area contributed by atoms with E-state index in [4.69, 9.17) is 0 Å². The average molecular weight is 334 g/mol. The van der Waals surface area contributed by atoms with E-state index in [0.29, 0.717) is 10.2 Å². The smallest absolute Gasteiger partial charge is 0.266 e. The van der Waals surface area contributed by atoms with Crippen molar-refractivity contribution in [3.63, 3.8) is 0 Å². The van der Waals surface area contributed by atoms with E-state index in [-0.39, 0.29) is 5.82 Å². The highest BCUT2D eigenvalue weighted by molar-refractivity contribution is 9.10. The van der Waals surface area contributed by atoms with Gasteiger partial charge in [-0.25, -0.2) is 9.67 Å². The van der Waals surface area contributed by atoms with Crippen molar-refractivity contribution in [1.82, 2.24) is 14.8 Å². The molecular weight excluding hydrogens is 327 g/mol. The normalized spacial score (nSPS) is 11.6. The number of rotatable bonds is 2. The van der Waals surface area contributed by atoms with Crippen LogP contribution in [0.1, 0.15) is 0 Å². The predicted octanol–water partition coefficient (Wildman–Crippen LogP) is 2.63. The van der Waals surface area contributed by atoms with Gasteiger partial charge in [-0.3, -0.25) is 4.79 Å². The van der Waals surface area contributed by atoms with Crippen LogP contribution < -0.4 is 5.56 Å². The molecule has 0 bridgehead atoms. The van der Waals surface area contributed by atoms with E-state index in [1.165, 1.54) is 0 Å². The molecule has 1 aromatic heterocycles. The molecule has 0 fully saturated rings. The maximum absolute atomic E-state index is 12.3. The zero-order valence-electron chi connectivity index (χ0n) is 9.36. The van der Waals surface area contributed by atoms with Crippen molar-refractivity contribution >= 4 is 15.9 Å². The molecule has 0 unspecified atom stereocenters. The van der Waals surface area contributed by atoms with Gasteiger partial charge in [-0.05, 0) is 12.1 Å². The molecule has 0 spiro atoms. The van der Waals surface area contributed by atoms with Crippen LogP contribution in [-0.4, -0.2) is 20.9 Å². The molecule has 0 saturated heterocycles. The van der Waals surface area contributed by atoms with Crippen molar-refractivity contribution in [2.45, 2.75) is 12.7 Å². The molecule has 8 heteroatoms.